The molecule has 2 saturated heterocycles. The monoisotopic (exact) mass is 400 g/mol. The van der Waals surface area contributed by atoms with Gasteiger partial charge in [0.25, 0.3) is 0 Å². The van der Waals surface area contributed by atoms with Crippen LogP contribution in [0.1, 0.15) is 28.7 Å². The third-order valence-electron chi connectivity index (χ3n) is 5.89. The van der Waals surface area contributed by atoms with E-state index < -0.39 is 19.9 Å². The van der Waals surface area contributed by atoms with E-state index in [0.29, 0.717) is 37.5 Å². The number of sulfonamides is 1. The van der Waals surface area contributed by atoms with Gasteiger partial charge in [0.15, 0.2) is 9.84 Å². The number of aryl methyl sites for hydroxylation is 2. The van der Waals surface area contributed by atoms with Gasteiger partial charge in [-0.25, -0.2) is 16.8 Å². The van der Waals surface area contributed by atoms with Crippen molar-refractivity contribution in [3.05, 3.63) is 28.3 Å². The van der Waals surface area contributed by atoms with Gasteiger partial charge in [-0.05, 0) is 56.4 Å². The summed E-state index contributed by atoms with van der Waals surface area (Å²) in [5.74, 6) is 0.451. The summed E-state index contributed by atoms with van der Waals surface area (Å²) in [4.78, 5) is 2.57. The van der Waals surface area contributed by atoms with Gasteiger partial charge in [-0.3, -0.25) is 4.90 Å². The molecule has 0 unspecified atom stereocenters. The zero-order valence-electron chi connectivity index (χ0n) is 15.9. The minimum absolute atomic E-state index is 0.0366. The molecule has 2 fully saturated rings. The molecule has 2 heterocycles. The standard InChI is InChI=1S/C18H28N2O4S2/c1-13-11-14(2)16(4)18(15(13)3)26(23,24)20-8-6-19(7-9-20)17-5-10-25(21,22)12-17/h11,17H,5-10,12H2,1-4H3/t17-/m0/s1. The van der Waals surface area contributed by atoms with Gasteiger partial charge in [0.1, 0.15) is 0 Å². The van der Waals surface area contributed by atoms with Crippen LogP contribution in [0.2, 0.25) is 0 Å². The van der Waals surface area contributed by atoms with E-state index in [-0.39, 0.29) is 17.5 Å². The van der Waals surface area contributed by atoms with Crippen LogP contribution in [-0.2, 0) is 19.9 Å². The molecule has 2 aliphatic heterocycles. The molecule has 2 aliphatic rings. The topological polar surface area (TPSA) is 74.8 Å². The first-order valence-corrected chi connectivity index (χ1v) is 12.3. The van der Waals surface area contributed by atoms with Crippen LogP contribution >= 0.6 is 0 Å². The Labute approximate surface area is 157 Å². The van der Waals surface area contributed by atoms with E-state index in [9.17, 15) is 16.8 Å². The molecule has 0 amide bonds. The number of rotatable bonds is 3. The van der Waals surface area contributed by atoms with Gasteiger partial charge in [-0.2, -0.15) is 4.31 Å². The molecule has 3 rings (SSSR count). The number of nitrogens with zero attached hydrogens (tertiary/aromatic N) is 2. The molecule has 0 aromatic heterocycles. The molecule has 1 aromatic rings. The van der Waals surface area contributed by atoms with E-state index in [2.05, 4.69) is 4.90 Å². The summed E-state index contributed by atoms with van der Waals surface area (Å²) in [6.45, 7) is 9.61. The van der Waals surface area contributed by atoms with Crippen LogP contribution in [-0.4, -0.2) is 69.8 Å². The van der Waals surface area contributed by atoms with E-state index in [1.54, 1.807) is 4.31 Å². The van der Waals surface area contributed by atoms with Gasteiger partial charge in [0.05, 0.1) is 16.4 Å². The summed E-state index contributed by atoms with van der Waals surface area (Å²) in [5.41, 5.74) is 3.61. The zero-order valence-corrected chi connectivity index (χ0v) is 17.6. The lowest BCUT2D eigenvalue weighted by Crippen LogP contribution is -2.52. The lowest BCUT2D eigenvalue weighted by molar-refractivity contribution is 0.148. The van der Waals surface area contributed by atoms with Gasteiger partial charge in [0, 0.05) is 32.2 Å². The first kappa shape index (κ1) is 19.8. The molecular weight excluding hydrogens is 372 g/mol. The lowest BCUT2D eigenvalue weighted by atomic mass is 10.0. The fourth-order valence-corrected chi connectivity index (χ4v) is 7.83. The van der Waals surface area contributed by atoms with Gasteiger partial charge in [-0.15, -0.1) is 0 Å². The van der Waals surface area contributed by atoms with Crippen molar-refractivity contribution >= 4 is 19.9 Å². The predicted molar refractivity (Wildman–Crippen MR) is 103 cm³/mol. The SMILES string of the molecule is Cc1cc(C)c(C)c(S(=O)(=O)N2CCN([C@H]3CCS(=O)(=O)C3)CC2)c1C. The average Bonchev–Trinajstić information content (AvgIpc) is 2.93. The Kier molecular flexibility index (Phi) is 5.24. The molecule has 146 valence electrons. The van der Waals surface area contributed by atoms with Crippen molar-refractivity contribution in [2.24, 2.45) is 0 Å². The number of hydrogen-bond donors (Lipinski definition) is 0. The van der Waals surface area contributed by atoms with E-state index in [0.717, 1.165) is 22.3 Å². The van der Waals surface area contributed by atoms with Gasteiger partial charge in [0.2, 0.25) is 10.0 Å². The molecule has 0 bridgehead atoms. The molecule has 26 heavy (non-hydrogen) atoms. The Morgan fingerprint density at radius 1 is 0.962 bits per heavy atom. The van der Waals surface area contributed by atoms with Crippen LogP contribution in [0.25, 0.3) is 0 Å². The van der Waals surface area contributed by atoms with Crippen molar-refractivity contribution in [3.8, 4) is 0 Å². The average molecular weight is 401 g/mol. The summed E-state index contributed by atoms with van der Waals surface area (Å²) >= 11 is 0. The largest absolute Gasteiger partial charge is 0.297 e. The van der Waals surface area contributed by atoms with Crippen LogP contribution in [0.3, 0.4) is 0 Å². The molecule has 0 aliphatic carbocycles. The molecule has 0 spiro atoms. The summed E-state index contributed by atoms with van der Waals surface area (Å²) < 4.78 is 51.5. The minimum atomic E-state index is -3.55. The lowest BCUT2D eigenvalue weighted by Gasteiger charge is -2.37. The Bertz CT molecular complexity index is 889. The van der Waals surface area contributed by atoms with Crippen LogP contribution in [0, 0.1) is 27.7 Å². The first-order valence-electron chi connectivity index (χ1n) is 9.05. The molecule has 6 nitrogen and oxygen atoms in total. The third kappa shape index (κ3) is 3.56. The van der Waals surface area contributed by atoms with Crippen molar-refractivity contribution < 1.29 is 16.8 Å². The molecule has 1 aromatic carbocycles. The second-order valence-corrected chi connectivity index (χ2v) is 11.7. The molecule has 0 N–H and O–H groups in total. The number of sulfone groups is 1. The van der Waals surface area contributed by atoms with Crippen LogP contribution in [0.4, 0.5) is 0 Å². The zero-order chi connectivity index (χ0) is 19.3. The van der Waals surface area contributed by atoms with Crippen molar-refractivity contribution in [1.82, 2.24) is 9.21 Å². The molecule has 1 atom stereocenters. The van der Waals surface area contributed by atoms with E-state index >= 15 is 0 Å². The van der Waals surface area contributed by atoms with Gasteiger partial charge in [-0.1, -0.05) is 6.07 Å². The number of benzene rings is 1. The van der Waals surface area contributed by atoms with Crippen LogP contribution < -0.4 is 0 Å². The van der Waals surface area contributed by atoms with Crippen LogP contribution in [0.5, 0.6) is 0 Å². The Morgan fingerprint density at radius 2 is 1.50 bits per heavy atom. The van der Waals surface area contributed by atoms with Gasteiger partial charge >= 0.3 is 0 Å². The van der Waals surface area contributed by atoms with Crippen LogP contribution in [0.15, 0.2) is 11.0 Å². The highest BCUT2D eigenvalue weighted by Crippen LogP contribution is 2.30. The summed E-state index contributed by atoms with van der Waals surface area (Å²) in [5, 5.41) is 0. The molecular formula is C18H28N2O4S2. The van der Waals surface area contributed by atoms with E-state index in [1.807, 2.05) is 33.8 Å². The fourth-order valence-electron chi connectivity index (χ4n) is 4.07. The third-order valence-corrected chi connectivity index (χ3v) is 9.82. The normalized spacial score (nSPS) is 24.8. The maximum atomic E-state index is 13.3. The van der Waals surface area contributed by atoms with Crippen molar-refractivity contribution in [3.63, 3.8) is 0 Å². The number of piperazine rings is 1. The Hall–Kier alpha value is -0.960. The minimum Gasteiger partial charge on any atom is -0.297 e. The fraction of sp³-hybridized carbons (Fsp3) is 0.667. The molecule has 8 heteroatoms. The highest BCUT2D eigenvalue weighted by Gasteiger charge is 2.37. The molecule has 0 saturated carbocycles. The van der Waals surface area contributed by atoms with E-state index in [1.165, 1.54) is 0 Å². The van der Waals surface area contributed by atoms with Gasteiger partial charge < -0.3 is 0 Å². The summed E-state index contributed by atoms with van der Waals surface area (Å²) in [6.07, 6.45) is 0.657. The Balaban J connectivity index is 1.79. The summed E-state index contributed by atoms with van der Waals surface area (Å²) in [7, 11) is -6.47. The summed E-state index contributed by atoms with van der Waals surface area (Å²) in [6, 6.07) is 2.07. The smallest absolute Gasteiger partial charge is 0.243 e. The number of hydrogen-bond acceptors (Lipinski definition) is 5. The predicted octanol–water partition coefficient (Wildman–Crippen LogP) is 1.41. The molecule has 0 radical (unpaired) electrons. The maximum Gasteiger partial charge on any atom is 0.243 e. The van der Waals surface area contributed by atoms with Crippen molar-refractivity contribution in [2.75, 3.05) is 37.7 Å². The second kappa shape index (κ2) is 6.89. The van der Waals surface area contributed by atoms with Crippen molar-refractivity contribution in [2.45, 2.75) is 45.1 Å². The first-order chi connectivity index (χ1) is 12.0. The maximum absolute atomic E-state index is 13.3. The second-order valence-electron chi connectivity index (χ2n) is 7.59. The highest BCUT2D eigenvalue weighted by molar-refractivity contribution is 7.91. The highest BCUT2D eigenvalue weighted by atomic mass is 32.2. The quantitative estimate of drug-likeness (QED) is 0.767. The van der Waals surface area contributed by atoms with E-state index in [4.69, 9.17) is 0 Å². The van der Waals surface area contributed by atoms with Crippen molar-refractivity contribution in [1.29, 1.82) is 0 Å². The Morgan fingerprint density at radius 3 is 1.96 bits per heavy atom.